The van der Waals surface area contributed by atoms with Crippen LogP contribution in [0.3, 0.4) is 0 Å². The van der Waals surface area contributed by atoms with Crippen LogP contribution in [0.2, 0.25) is 0 Å². The third-order valence-corrected chi connectivity index (χ3v) is 7.14. The van der Waals surface area contributed by atoms with Crippen molar-refractivity contribution in [3.8, 4) is 0 Å². The van der Waals surface area contributed by atoms with Gasteiger partial charge in [0, 0.05) is 60.3 Å². The number of hydrogen-bond acceptors (Lipinski definition) is 9. The Morgan fingerprint density at radius 3 is 1.47 bits per heavy atom. The molecule has 0 spiro atoms. The van der Waals surface area contributed by atoms with E-state index in [1.807, 2.05) is 72.4 Å². The van der Waals surface area contributed by atoms with E-state index in [1.165, 1.54) is 6.92 Å². The predicted molar refractivity (Wildman–Crippen MR) is 210 cm³/mol. The maximum atomic E-state index is 13.1. The van der Waals surface area contributed by atoms with Crippen LogP contribution < -0.4 is 16.8 Å². The summed E-state index contributed by atoms with van der Waals surface area (Å²) in [7, 11) is 0. The Bertz CT molecular complexity index is 1410. The van der Waals surface area contributed by atoms with Crippen molar-refractivity contribution < 1.29 is 9.59 Å². The first kappa shape index (κ1) is 45.3. The van der Waals surface area contributed by atoms with Gasteiger partial charge in [-0.2, -0.15) is 10.2 Å². The van der Waals surface area contributed by atoms with Crippen LogP contribution in [0.4, 0.5) is 11.4 Å². The summed E-state index contributed by atoms with van der Waals surface area (Å²) in [6.07, 6.45) is 4.44. The smallest absolute Gasteiger partial charge is 0.275 e. The maximum Gasteiger partial charge on any atom is 0.275 e. The topological polar surface area (TPSA) is 152 Å². The number of hydrogen-bond donors (Lipinski definition) is 3. The Labute approximate surface area is 298 Å². The summed E-state index contributed by atoms with van der Waals surface area (Å²) in [6, 6.07) is 5.00. The summed E-state index contributed by atoms with van der Waals surface area (Å²) in [5, 5.41) is 10.4. The average molecular weight is 681 g/mol. The van der Waals surface area contributed by atoms with Crippen molar-refractivity contribution >= 4 is 35.5 Å². The van der Waals surface area contributed by atoms with Crippen LogP contribution in [-0.2, 0) is 5.41 Å². The van der Waals surface area contributed by atoms with E-state index < -0.39 is 0 Å². The lowest BCUT2D eigenvalue weighted by Crippen LogP contribution is -2.56. The van der Waals surface area contributed by atoms with Gasteiger partial charge in [0.15, 0.2) is 11.5 Å². The Hall–Kier alpha value is -3.66. The number of Topliss-reactive ketones (excluding diaryl/α,β-unsaturated/α-hetero) is 1. The first-order valence-electron chi connectivity index (χ1n) is 17.3. The quantitative estimate of drug-likeness (QED) is 0.268. The van der Waals surface area contributed by atoms with Crippen LogP contribution in [0.5, 0.6) is 0 Å². The third-order valence-electron chi connectivity index (χ3n) is 7.14. The van der Waals surface area contributed by atoms with Gasteiger partial charge < -0.3 is 21.7 Å². The van der Waals surface area contributed by atoms with Gasteiger partial charge >= 0.3 is 0 Å². The molecule has 3 heterocycles. The van der Waals surface area contributed by atoms with E-state index in [9.17, 15) is 9.59 Å². The Kier molecular flexibility index (Phi) is 17.5. The number of anilines is 2. The number of rotatable bonds is 5. The normalized spacial score (nSPS) is 12.6. The number of ketones is 1. The summed E-state index contributed by atoms with van der Waals surface area (Å²) in [6.45, 7) is 36.6. The second kappa shape index (κ2) is 18.9. The fourth-order valence-electron chi connectivity index (χ4n) is 5.68. The lowest BCUT2D eigenvalue weighted by atomic mass is 9.85. The van der Waals surface area contributed by atoms with E-state index in [1.54, 1.807) is 12.4 Å². The molecule has 2 aromatic rings. The highest BCUT2D eigenvalue weighted by Gasteiger charge is 2.37. The first-order valence-corrected chi connectivity index (χ1v) is 17.3. The van der Waals surface area contributed by atoms with Crippen molar-refractivity contribution in [2.45, 2.75) is 166 Å². The molecule has 49 heavy (non-hydrogen) atoms. The first-order chi connectivity index (χ1) is 22.1. The highest BCUT2D eigenvalue weighted by Crippen LogP contribution is 2.30. The molecule has 276 valence electrons. The van der Waals surface area contributed by atoms with Crippen LogP contribution in [0.25, 0.3) is 0 Å². The highest BCUT2D eigenvalue weighted by molar-refractivity contribution is 5.98. The molecule has 0 aliphatic carbocycles. The minimum Gasteiger partial charge on any atom is -0.397 e. The third kappa shape index (κ3) is 15.6. The van der Waals surface area contributed by atoms with Crippen LogP contribution in [0, 0.1) is 13.8 Å². The molecular formula is C39H68N8O2. The zero-order valence-corrected chi connectivity index (χ0v) is 34.0. The van der Waals surface area contributed by atoms with E-state index in [4.69, 9.17) is 11.5 Å². The van der Waals surface area contributed by atoms with Crippen molar-refractivity contribution in [2.75, 3.05) is 11.5 Å². The molecule has 0 radical (unpaired) electrons. The highest BCUT2D eigenvalue weighted by atomic mass is 16.2. The molecule has 10 heteroatoms. The van der Waals surface area contributed by atoms with Gasteiger partial charge in [-0.3, -0.25) is 9.59 Å². The lowest BCUT2D eigenvalue weighted by molar-refractivity contribution is 0.0265. The number of nitrogens with zero attached hydrogens (tertiary/aromatic N) is 5. The van der Waals surface area contributed by atoms with E-state index in [0.717, 1.165) is 28.9 Å². The van der Waals surface area contributed by atoms with Gasteiger partial charge in [0.05, 0.1) is 11.4 Å². The molecule has 0 fully saturated rings. The van der Waals surface area contributed by atoms with Gasteiger partial charge in [0.1, 0.15) is 5.69 Å². The van der Waals surface area contributed by atoms with Crippen LogP contribution in [0.1, 0.15) is 167 Å². The predicted octanol–water partition coefficient (Wildman–Crippen LogP) is 8.45. The molecule has 2 aromatic heterocycles. The maximum absolute atomic E-state index is 13.1. The second-order valence-electron chi connectivity index (χ2n) is 16.4. The number of nitrogens with one attached hydrogen (secondary N) is 1. The molecule has 0 saturated carbocycles. The number of amides is 1. The summed E-state index contributed by atoms with van der Waals surface area (Å²) in [4.78, 5) is 35.0. The van der Waals surface area contributed by atoms with Gasteiger partial charge in [-0.25, -0.2) is 9.97 Å². The molecule has 10 nitrogen and oxygen atoms in total. The van der Waals surface area contributed by atoms with Crippen molar-refractivity contribution in [2.24, 2.45) is 10.2 Å². The van der Waals surface area contributed by atoms with Crippen LogP contribution >= 0.6 is 0 Å². The molecule has 1 aliphatic rings. The summed E-state index contributed by atoms with van der Waals surface area (Å²) >= 11 is 0. The Morgan fingerprint density at radius 1 is 0.735 bits per heavy atom. The van der Waals surface area contributed by atoms with Crippen molar-refractivity contribution in [1.29, 1.82) is 0 Å². The second-order valence-corrected chi connectivity index (χ2v) is 16.4. The molecule has 0 aromatic carbocycles. The molecule has 1 amide bonds. The fraction of sp³-hybridized carbons (Fsp3) is 0.641. The summed E-state index contributed by atoms with van der Waals surface area (Å²) < 4.78 is 0. The fourth-order valence-corrected chi connectivity index (χ4v) is 5.68. The number of nitrogen functional groups attached to an aromatic ring is 2. The van der Waals surface area contributed by atoms with E-state index in [0.29, 0.717) is 40.8 Å². The monoisotopic (exact) mass is 681 g/mol. The number of carbonyl (C=O) groups is 2. The van der Waals surface area contributed by atoms with Crippen molar-refractivity contribution in [1.82, 2.24) is 20.2 Å². The standard InChI is InChI=1S/C18H31N3O.C12H18N2O.C6H15N.C3H4N2/c1-11(2)13-10-14(19)15(20-12(13)3)16(22)21(17(4,5)6)18(7,8)9;1-7-9(12(3,4)5)6-10(13)11(14-7)8(2)15;1-5(2)7-6(3)4;1-2-4-5-3-1/h10-11H,19H2,1-9H3;6H,13H2,1-5H3;5-7H,1-4H3;2-3H,1H2. The molecule has 1 aliphatic heterocycles. The summed E-state index contributed by atoms with van der Waals surface area (Å²) in [5.74, 6) is 0.132. The van der Waals surface area contributed by atoms with E-state index in [2.05, 4.69) is 87.8 Å². The molecule has 0 unspecified atom stereocenters. The molecule has 0 atom stereocenters. The van der Waals surface area contributed by atoms with Gasteiger partial charge in [0.25, 0.3) is 5.91 Å². The minimum atomic E-state index is -0.311. The number of aromatic nitrogens is 2. The average Bonchev–Trinajstić information content (AvgIpc) is 3.48. The van der Waals surface area contributed by atoms with E-state index >= 15 is 0 Å². The lowest BCUT2D eigenvalue weighted by Gasteiger charge is -2.45. The largest absolute Gasteiger partial charge is 0.397 e. The SMILES string of the molecule is C1=NN=CC1.CC(=O)c1nc(C)c(C(C)(C)C)cc1N.CC(C)NC(C)C.Cc1nc(C(=O)N(C(C)(C)C)C(C)(C)C)c(N)cc1C(C)C. The molecule has 3 rings (SSSR count). The number of pyridine rings is 2. The molecule has 0 bridgehead atoms. The van der Waals surface area contributed by atoms with E-state index in [-0.39, 0.29) is 28.2 Å². The Morgan fingerprint density at radius 2 is 1.16 bits per heavy atom. The number of aryl methyl sites for hydroxylation is 2. The molecule has 5 N–H and O–H groups in total. The minimum absolute atomic E-state index is 0.000518. The zero-order chi connectivity index (χ0) is 38.7. The Balaban J connectivity index is 0.000000726. The summed E-state index contributed by atoms with van der Waals surface area (Å²) in [5.41, 5.74) is 16.9. The van der Waals surface area contributed by atoms with Crippen LogP contribution in [0.15, 0.2) is 22.3 Å². The van der Waals surface area contributed by atoms with Gasteiger partial charge in [0.2, 0.25) is 0 Å². The molecular weight excluding hydrogens is 612 g/mol. The number of carbonyl (C=O) groups excluding carboxylic acids is 2. The molecule has 0 saturated heterocycles. The van der Waals surface area contributed by atoms with Crippen molar-refractivity contribution in [3.05, 3.63) is 46.0 Å². The zero-order valence-electron chi connectivity index (χ0n) is 34.0. The van der Waals surface area contributed by atoms with Crippen LogP contribution in [-0.4, -0.2) is 62.1 Å². The number of nitrogens with two attached hydrogens (primary N) is 2. The van der Waals surface area contributed by atoms with Gasteiger partial charge in [-0.1, -0.05) is 62.3 Å². The van der Waals surface area contributed by atoms with Crippen molar-refractivity contribution in [3.63, 3.8) is 0 Å². The van der Waals surface area contributed by atoms with Gasteiger partial charge in [-0.15, -0.1) is 0 Å². The van der Waals surface area contributed by atoms with Gasteiger partial charge in [-0.05, 0) is 90.0 Å².